The van der Waals surface area contributed by atoms with Crippen LogP contribution in [0.25, 0.3) is 11.1 Å². The minimum atomic E-state index is -1.44. The molecule has 0 saturated carbocycles. The van der Waals surface area contributed by atoms with Gasteiger partial charge in [0.2, 0.25) is 0 Å². The van der Waals surface area contributed by atoms with Crippen LogP contribution in [0.1, 0.15) is 41.9 Å². The van der Waals surface area contributed by atoms with Gasteiger partial charge in [-0.1, -0.05) is 66.2 Å². The summed E-state index contributed by atoms with van der Waals surface area (Å²) in [4.78, 5) is 15.0. The van der Waals surface area contributed by atoms with Crippen LogP contribution in [-0.4, -0.2) is 29.7 Å². The van der Waals surface area contributed by atoms with Gasteiger partial charge >= 0.3 is 6.09 Å². The lowest BCUT2D eigenvalue weighted by Crippen LogP contribution is -2.44. The standard InChI is InChI=1S/C29H24F3NO2/c30-26-12-9-18(27(31)28(26)32)13-17-14-19-10-11-20(15-17)33(19)29(34)35-16-25-23-7-3-1-5-21(23)22-6-2-4-8-24(22)25/h1-9,12,14,19-20,25H,10-11,13,15-16H2. The van der Waals surface area contributed by atoms with Crippen LogP contribution in [0.15, 0.2) is 72.3 Å². The minimum absolute atomic E-state index is 0.00348. The fourth-order valence-corrected chi connectivity index (χ4v) is 5.95. The van der Waals surface area contributed by atoms with Gasteiger partial charge in [0, 0.05) is 12.0 Å². The molecule has 2 heterocycles. The fraction of sp³-hybridized carbons (Fsp3) is 0.276. The molecule has 3 aliphatic rings. The van der Waals surface area contributed by atoms with Gasteiger partial charge in [0.15, 0.2) is 17.5 Å². The normalized spacial score (nSPS) is 20.4. The quantitative estimate of drug-likeness (QED) is 0.308. The largest absolute Gasteiger partial charge is 0.448 e. The summed E-state index contributed by atoms with van der Waals surface area (Å²) in [5, 5.41) is 0. The summed E-state index contributed by atoms with van der Waals surface area (Å²) in [7, 11) is 0. The van der Waals surface area contributed by atoms with Crippen LogP contribution in [0.3, 0.4) is 0 Å². The van der Waals surface area contributed by atoms with Gasteiger partial charge in [0.1, 0.15) is 6.61 Å². The van der Waals surface area contributed by atoms with Crippen LogP contribution in [0.2, 0.25) is 0 Å². The Hall–Kier alpha value is -3.54. The first-order valence-electron chi connectivity index (χ1n) is 12.0. The van der Waals surface area contributed by atoms with E-state index in [-0.39, 0.29) is 42.7 Å². The molecule has 6 heteroatoms. The van der Waals surface area contributed by atoms with Gasteiger partial charge in [0.25, 0.3) is 0 Å². The topological polar surface area (TPSA) is 29.5 Å². The maximum absolute atomic E-state index is 14.2. The minimum Gasteiger partial charge on any atom is -0.448 e. The van der Waals surface area contributed by atoms with Gasteiger partial charge in [-0.05, 0) is 59.6 Å². The van der Waals surface area contributed by atoms with Crippen molar-refractivity contribution in [1.82, 2.24) is 4.90 Å². The molecule has 2 atom stereocenters. The highest BCUT2D eigenvalue weighted by atomic mass is 19.2. The molecule has 0 aromatic heterocycles. The molecule has 1 amide bonds. The second kappa shape index (κ2) is 8.59. The number of fused-ring (bicyclic) bond motifs is 5. The monoisotopic (exact) mass is 475 g/mol. The van der Waals surface area contributed by atoms with E-state index >= 15 is 0 Å². The van der Waals surface area contributed by atoms with E-state index in [2.05, 4.69) is 24.3 Å². The lowest BCUT2D eigenvalue weighted by atomic mass is 9.95. The number of carbonyl (C=O) groups excluding carboxylic acids is 1. The molecule has 3 aromatic carbocycles. The molecule has 1 saturated heterocycles. The summed E-state index contributed by atoms with van der Waals surface area (Å²) < 4.78 is 46.9. The first-order chi connectivity index (χ1) is 17.0. The molecule has 35 heavy (non-hydrogen) atoms. The third-order valence-corrected chi connectivity index (χ3v) is 7.55. The Bertz CT molecular complexity index is 1310. The molecule has 178 valence electrons. The number of hydrogen-bond acceptors (Lipinski definition) is 2. The maximum atomic E-state index is 14.2. The highest BCUT2D eigenvalue weighted by Crippen LogP contribution is 2.45. The van der Waals surface area contributed by atoms with Crippen molar-refractivity contribution < 1.29 is 22.7 Å². The van der Waals surface area contributed by atoms with Gasteiger partial charge in [-0.2, -0.15) is 0 Å². The predicted octanol–water partition coefficient (Wildman–Crippen LogP) is 6.76. The Morgan fingerprint density at radius 2 is 1.57 bits per heavy atom. The van der Waals surface area contributed by atoms with E-state index in [1.54, 1.807) is 4.90 Å². The summed E-state index contributed by atoms with van der Waals surface area (Å²) in [6.45, 7) is 0.263. The van der Waals surface area contributed by atoms with E-state index in [0.717, 1.165) is 24.5 Å². The summed E-state index contributed by atoms with van der Waals surface area (Å²) >= 11 is 0. The summed E-state index contributed by atoms with van der Waals surface area (Å²) in [6.07, 6.45) is 4.03. The van der Waals surface area contributed by atoms with E-state index in [4.69, 9.17) is 4.74 Å². The van der Waals surface area contributed by atoms with Crippen molar-refractivity contribution >= 4 is 6.09 Å². The molecule has 1 aliphatic carbocycles. The zero-order valence-corrected chi connectivity index (χ0v) is 19.0. The van der Waals surface area contributed by atoms with Crippen molar-refractivity contribution in [3.8, 4) is 11.1 Å². The van der Waals surface area contributed by atoms with Crippen molar-refractivity contribution in [2.24, 2.45) is 0 Å². The first kappa shape index (κ1) is 22.0. The Labute approximate surface area is 201 Å². The van der Waals surface area contributed by atoms with Gasteiger partial charge in [-0.15, -0.1) is 0 Å². The van der Waals surface area contributed by atoms with Crippen LogP contribution < -0.4 is 0 Å². The van der Waals surface area contributed by atoms with E-state index in [9.17, 15) is 18.0 Å². The van der Waals surface area contributed by atoms with Crippen LogP contribution in [-0.2, 0) is 11.2 Å². The first-order valence-corrected chi connectivity index (χ1v) is 12.0. The molecule has 3 nitrogen and oxygen atoms in total. The van der Waals surface area contributed by atoms with Gasteiger partial charge < -0.3 is 4.74 Å². The van der Waals surface area contributed by atoms with E-state index in [0.29, 0.717) is 6.42 Å². The molecule has 2 bridgehead atoms. The van der Waals surface area contributed by atoms with Gasteiger partial charge in [-0.25, -0.2) is 18.0 Å². The second-order valence-electron chi connectivity index (χ2n) is 9.55. The molecule has 0 spiro atoms. The average Bonchev–Trinajstić information content (AvgIpc) is 3.34. The number of amides is 1. The Morgan fingerprint density at radius 1 is 0.886 bits per heavy atom. The van der Waals surface area contributed by atoms with E-state index < -0.39 is 17.5 Å². The molecule has 2 aliphatic heterocycles. The SMILES string of the molecule is O=C(OCC1c2ccccc2-c2ccccc21)N1C2C=C(Cc3ccc(F)c(F)c3F)CC1CC2. The van der Waals surface area contributed by atoms with Crippen molar-refractivity contribution in [3.05, 3.63) is 106 Å². The number of ether oxygens (including phenoxy) is 1. The number of halogens is 3. The molecule has 3 aromatic rings. The number of nitrogens with zero attached hydrogens (tertiary/aromatic N) is 1. The van der Waals surface area contributed by atoms with E-state index in [1.807, 2.05) is 30.3 Å². The number of hydrogen-bond donors (Lipinski definition) is 0. The summed E-state index contributed by atoms with van der Waals surface area (Å²) in [6, 6.07) is 18.5. The predicted molar refractivity (Wildman–Crippen MR) is 126 cm³/mol. The van der Waals surface area contributed by atoms with Crippen LogP contribution in [0.4, 0.5) is 18.0 Å². The molecule has 1 fully saturated rings. The number of rotatable bonds is 4. The average molecular weight is 476 g/mol. The van der Waals surface area contributed by atoms with Crippen molar-refractivity contribution in [1.29, 1.82) is 0 Å². The number of carbonyl (C=O) groups is 1. The van der Waals surface area contributed by atoms with Crippen LogP contribution >= 0.6 is 0 Å². The maximum Gasteiger partial charge on any atom is 0.410 e. The van der Waals surface area contributed by atoms with Gasteiger partial charge in [-0.3, -0.25) is 4.90 Å². The molecule has 0 N–H and O–H groups in total. The molecule has 2 unspecified atom stereocenters. The zero-order valence-electron chi connectivity index (χ0n) is 19.0. The second-order valence-corrected chi connectivity index (χ2v) is 9.55. The molecular formula is C29H24F3NO2. The highest BCUT2D eigenvalue weighted by molar-refractivity contribution is 5.79. The highest BCUT2D eigenvalue weighted by Gasteiger charge is 2.41. The third-order valence-electron chi connectivity index (χ3n) is 7.55. The third kappa shape index (κ3) is 3.72. The lowest BCUT2D eigenvalue weighted by molar-refractivity contribution is 0.0849. The van der Waals surface area contributed by atoms with Gasteiger partial charge in [0.05, 0.1) is 6.04 Å². The lowest BCUT2D eigenvalue weighted by Gasteiger charge is -2.33. The fourth-order valence-electron chi connectivity index (χ4n) is 5.95. The molecule has 0 radical (unpaired) electrons. The van der Waals surface area contributed by atoms with Crippen LogP contribution in [0.5, 0.6) is 0 Å². The Balaban J connectivity index is 1.16. The Kier molecular flexibility index (Phi) is 5.39. The molecular weight excluding hydrogens is 451 g/mol. The molecule has 6 rings (SSSR count). The zero-order chi connectivity index (χ0) is 24.1. The smallest absolute Gasteiger partial charge is 0.410 e. The van der Waals surface area contributed by atoms with Crippen molar-refractivity contribution in [2.75, 3.05) is 6.61 Å². The van der Waals surface area contributed by atoms with Crippen LogP contribution in [0, 0.1) is 17.5 Å². The summed E-state index contributed by atoms with van der Waals surface area (Å²) in [5.41, 5.74) is 5.76. The van der Waals surface area contributed by atoms with Crippen molar-refractivity contribution in [2.45, 2.75) is 43.7 Å². The Morgan fingerprint density at radius 3 is 2.26 bits per heavy atom. The number of benzene rings is 3. The summed E-state index contributed by atoms with van der Waals surface area (Å²) in [5.74, 6) is -3.78. The van der Waals surface area contributed by atoms with Crippen molar-refractivity contribution in [3.63, 3.8) is 0 Å². The van der Waals surface area contributed by atoms with E-state index in [1.165, 1.54) is 28.3 Å².